The highest BCUT2D eigenvalue weighted by atomic mass is 15.3. The van der Waals surface area contributed by atoms with Gasteiger partial charge >= 0.3 is 0 Å². The molecule has 2 fully saturated rings. The van der Waals surface area contributed by atoms with Crippen molar-refractivity contribution in [3.63, 3.8) is 0 Å². The number of fused-ring (bicyclic) bond motifs is 2. The number of pyridine rings is 1. The fourth-order valence-electron chi connectivity index (χ4n) is 4.51. The summed E-state index contributed by atoms with van der Waals surface area (Å²) in [6, 6.07) is 5.82. The minimum absolute atomic E-state index is 0.152. The van der Waals surface area contributed by atoms with Crippen molar-refractivity contribution in [2.45, 2.75) is 37.5 Å². The van der Waals surface area contributed by atoms with Crippen molar-refractivity contribution in [3.8, 4) is 6.07 Å². The van der Waals surface area contributed by atoms with Crippen molar-refractivity contribution >= 4 is 17.5 Å². The quantitative estimate of drug-likeness (QED) is 0.842. The van der Waals surface area contributed by atoms with Gasteiger partial charge in [-0.05, 0) is 37.8 Å². The Morgan fingerprint density at radius 3 is 2.56 bits per heavy atom. The molecule has 25 heavy (non-hydrogen) atoms. The van der Waals surface area contributed by atoms with Crippen LogP contribution < -0.4 is 9.80 Å². The Morgan fingerprint density at radius 1 is 1.04 bits per heavy atom. The van der Waals surface area contributed by atoms with Crippen molar-refractivity contribution in [2.75, 3.05) is 29.4 Å². The fourth-order valence-corrected chi connectivity index (χ4v) is 4.51. The first-order valence-electron chi connectivity index (χ1n) is 9.05. The number of rotatable bonds is 2. The van der Waals surface area contributed by atoms with Gasteiger partial charge in [-0.25, -0.2) is 15.0 Å². The molecule has 126 valence electrons. The third-order valence-electron chi connectivity index (χ3n) is 5.92. The van der Waals surface area contributed by atoms with E-state index in [1.807, 2.05) is 6.07 Å². The molecular formula is C19H20N6. The summed E-state index contributed by atoms with van der Waals surface area (Å²) >= 11 is 0. The summed E-state index contributed by atoms with van der Waals surface area (Å²) < 4.78 is 0. The summed E-state index contributed by atoms with van der Waals surface area (Å²) in [5.41, 5.74) is 2.10. The molecule has 2 aliphatic heterocycles. The molecule has 0 unspecified atom stereocenters. The van der Waals surface area contributed by atoms with Gasteiger partial charge in [-0.1, -0.05) is 6.42 Å². The van der Waals surface area contributed by atoms with E-state index in [-0.39, 0.29) is 5.41 Å². The molecule has 6 heteroatoms. The summed E-state index contributed by atoms with van der Waals surface area (Å²) in [4.78, 5) is 18.5. The van der Waals surface area contributed by atoms with Crippen molar-refractivity contribution in [1.82, 2.24) is 15.0 Å². The molecule has 1 aliphatic carbocycles. The molecule has 2 aromatic heterocycles. The summed E-state index contributed by atoms with van der Waals surface area (Å²) in [6.07, 6.45) is 9.49. The van der Waals surface area contributed by atoms with Crippen LogP contribution in [0.15, 0.2) is 24.7 Å². The van der Waals surface area contributed by atoms with Crippen LogP contribution in [0.25, 0.3) is 0 Å². The normalized spacial score (nSPS) is 20.4. The van der Waals surface area contributed by atoms with Gasteiger partial charge in [0, 0.05) is 36.8 Å². The third kappa shape index (κ3) is 2.12. The average molecular weight is 332 g/mol. The zero-order valence-corrected chi connectivity index (χ0v) is 14.1. The predicted octanol–water partition coefficient (Wildman–Crippen LogP) is 2.92. The highest BCUT2D eigenvalue weighted by molar-refractivity contribution is 5.74. The number of hydrogen-bond donors (Lipinski definition) is 0. The molecule has 5 rings (SSSR count). The van der Waals surface area contributed by atoms with Crippen LogP contribution in [0.4, 0.5) is 17.5 Å². The first-order valence-corrected chi connectivity index (χ1v) is 9.05. The lowest BCUT2D eigenvalue weighted by molar-refractivity contribution is 0.266. The van der Waals surface area contributed by atoms with Crippen LogP contribution in [0.1, 0.15) is 43.2 Å². The first kappa shape index (κ1) is 14.6. The SMILES string of the molecule is N#Cc1ccnc(N2CC3(CCC3)c3c(N4CCCC4)ncnc32)c1. The van der Waals surface area contributed by atoms with E-state index in [1.165, 1.54) is 37.7 Å². The Balaban J connectivity index is 1.64. The van der Waals surface area contributed by atoms with Crippen molar-refractivity contribution < 1.29 is 0 Å². The number of nitriles is 1. The van der Waals surface area contributed by atoms with Crippen LogP contribution in [0, 0.1) is 11.3 Å². The zero-order valence-electron chi connectivity index (χ0n) is 14.1. The second-order valence-corrected chi connectivity index (χ2v) is 7.32. The van der Waals surface area contributed by atoms with Gasteiger partial charge in [0.05, 0.1) is 11.6 Å². The Morgan fingerprint density at radius 2 is 1.84 bits per heavy atom. The highest BCUT2D eigenvalue weighted by Crippen LogP contribution is 2.56. The standard InChI is InChI=1S/C19H20N6/c20-11-14-4-7-21-15(10-14)25-12-19(5-3-6-19)16-17(22-13-23-18(16)25)24-8-1-2-9-24/h4,7,10,13H,1-3,5-6,8-9,12H2. The minimum Gasteiger partial charge on any atom is -0.356 e. The number of hydrogen-bond acceptors (Lipinski definition) is 6. The molecule has 6 nitrogen and oxygen atoms in total. The molecule has 0 atom stereocenters. The Kier molecular flexibility index (Phi) is 3.17. The molecule has 1 saturated heterocycles. The maximum Gasteiger partial charge on any atom is 0.143 e. The van der Waals surface area contributed by atoms with Gasteiger partial charge in [-0.15, -0.1) is 0 Å². The van der Waals surface area contributed by atoms with Gasteiger partial charge in [0.2, 0.25) is 0 Å². The third-order valence-corrected chi connectivity index (χ3v) is 5.92. The van der Waals surface area contributed by atoms with E-state index >= 15 is 0 Å². The monoisotopic (exact) mass is 332 g/mol. The molecule has 0 N–H and O–H groups in total. The summed E-state index contributed by atoms with van der Waals surface area (Å²) in [6.45, 7) is 3.06. The van der Waals surface area contributed by atoms with Crippen molar-refractivity contribution in [1.29, 1.82) is 5.26 Å². The zero-order chi connectivity index (χ0) is 16.9. The largest absolute Gasteiger partial charge is 0.356 e. The van der Waals surface area contributed by atoms with E-state index in [9.17, 15) is 5.26 Å². The second kappa shape index (κ2) is 5.41. The molecular weight excluding hydrogens is 312 g/mol. The van der Waals surface area contributed by atoms with Crippen LogP contribution in [0.2, 0.25) is 0 Å². The first-order chi connectivity index (χ1) is 12.3. The average Bonchev–Trinajstić information content (AvgIpc) is 3.27. The smallest absolute Gasteiger partial charge is 0.143 e. The molecule has 0 amide bonds. The van der Waals surface area contributed by atoms with Gasteiger partial charge in [0.25, 0.3) is 0 Å². The Hall–Kier alpha value is -2.68. The molecule has 0 radical (unpaired) electrons. The summed E-state index contributed by atoms with van der Waals surface area (Å²) in [5.74, 6) is 2.93. The van der Waals surface area contributed by atoms with Gasteiger partial charge in [0.1, 0.15) is 23.8 Å². The van der Waals surface area contributed by atoms with E-state index in [1.54, 1.807) is 18.6 Å². The predicted molar refractivity (Wildman–Crippen MR) is 95.0 cm³/mol. The van der Waals surface area contributed by atoms with E-state index < -0.39 is 0 Å². The van der Waals surface area contributed by atoms with Gasteiger partial charge in [-0.2, -0.15) is 5.26 Å². The van der Waals surface area contributed by atoms with Crippen LogP contribution in [0.3, 0.4) is 0 Å². The molecule has 1 saturated carbocycles. The Labute approximate surface area is 147 Å². The van der Waals surface area contributed by atoms with Crippen LogP contribution in [-0.4, -0.2) is 34.6 Å². The van der Waals surface area contributed by atoms with E-state index in [0.717, 1.165) is 37.1 Å². The van der Waals surface area contributed by atoms with E-state index in [0.29, 0.717) is 5.56 Å². The number of nitrogens with zero attached hydrogens (tertiary/aromatic N) is 6. The number of aromatic nitrogens is 3. The topological polar surface area (TPSA) is 68.9 Å². The van der Waals surface area contributed by atoms with Crippen molar-refractivity contribution in [2.24, 2.45) is 0 Å². The van der Waals surface area contributed by atoms with Crippen LogP contribution in [-0.2, 0) is 5.41 Å². The Bertz CT molecular complexity index is 860. The lowest BCUT2D eigenvalue weighted by Crippen LogP contribution is -2.39. The van der Waals surface area contributed by atoms with Crippen LogP contribution in [0.5, 0.6) is 0 Å². The maximum absolute atomic E-state index is 9.22. The van der Waals surface area contributed by atoms with E-state index in [2.05, 4.69) is 30.8 Å². The molecule has 3 aliphatic rings. The molecule has 2 aromatic rings. The minimum atomic E-state index is 0.152. The molecule has 4 heterocycles. The molecule has 0 aromatic carbocycles. The van der Waals surface area contributed by atoms with Crippen LogP contribution >= 0.6 is 0 Å². The summed E-state index contributed by atoms with van der Waals surface area (Å²) in [7, 11) is 0. The number of anilines is 3. The lowest BCUT2D eigenvalue weighted by Gasteiger charge is -2.40. The van der Waals surface area contributed by atoms with Gasteiger partial charge in [-0.3, -0.25) is 0 Å². The maximum atomic E-state index is 9.22. The lowest BCUT2D eigenvalue weighted by atomic mass is 9.66. The molecule has 1 spiro atoms. The summed E-state index contributed by atoms with van der Waals surface area (Å²) in [5, 5.41) is 9.22. The second-order valence-electron chi connectivity index (χ2n) is 7.32. The van der Waals surface area contributed by atoms with Gasteiger partial charge < -0.3 is 9.80 Å². The molecule has 0 bridgehead atoms. The van der Waals surface area contributed by atoms with Crippen molar-refractivity contribution in [3.05, 3.63) is 35.8 Å². The van der Waals surface area contributed by atoms with Gasteiger partial charge in [0.15, 0.2) is 0 Å². The van der Waals surface area contributed by atoms with E-state index in [4.69, 9.17) is 0 Å². The fraction of sp³-hybridized carbons (Fsp3) is 0.474. The highest BCUT2D eigenvalue weighted by Gasteiger charge is 2.51.